The lowest BCUT2D eigenvalue weighted by molar-refractivity contribution is -0.385. The van der Waals surface area contributed by atoms with Gasteiger partial charge in [0.1, 0.15) is 25.4 Å². The maximum Gasteiger partial charge on any atom is 0.311 e. The fourth-order valence-electron chi connectivity index (χ4n) is 2.94. The molecule has 0 saturated heterocycles. The van der Waals surface area contributed by atoms with Crippen molar-refractivity contribution in [3.05, 3.63) is 57.3 Å². The summed E-state index contributed by atoms with van der Waals surface area (Å²) >= 11 is 3.41. The first-order chi connectivity index (χ1) is 16.6. The fraction of sp³-hybridized carbons (Fsp3) is 0.364. The number of benzene rings is 2. The van der Waals surface area contributed by atoms with Crippen molar-refractivity contribution in [1.82, 2.24) is 9.97 Å². The smallest absolute Gasteiger partial charge is 0.311 e. The molecule has 0 aliphatic rings. The summed E-state index contributed by atoms with van der Waals surface area (Å²) in [5.74, 6) is 0.533. The summed E-state index contributed by atoms with van der Waals surface area (Å²) in [6.45, 7) is 1.22. The van der Waals surface area contributed by atoms with E-state index in [1.165, 1.54) is 18.5 Å². The first-order valence-corrected chi connectivity index (χ1v) is 11.3. The van der Waals surface area contributed by atoms with E-state index in [4.69, 9.17) is 18.9 Å². The molecule has 0 fully saturated rings. The third-order valence-corrected chi connectivity index (χ3v) is 4.94. The monoisotopic (exact) mass is 538 g/mol. The van der Waals surface area contributed by atoms with Gasteiger partial charge in [-0.3, -0.25) is 10.1 Å². The molecule has 0 unspecified atom stereocenters. The number of nitro benzene ring substituents is 1. The largest absolute Gasteiger partial charge is 0.484 e. The third kappa shape index (κ3) is 7.83. The van der Waals surface area contributed by atoms with Gasteiger partial charge in [0, 0.05) is 22.3 Å². The summed E-state index contributed by atoms with van der Waals surface area (Å²) in [4.78, 5) is 19.6. The Morgan fingerprint density at radius 3 is 2.35 bits per heavy atom. The van der Waals surface area contributed by atoms with Gasteiger partial charge < -0.3 is 24.3 Å². The zero-order valence-corrected chi connectivity index (χ0v) is 19.8. The number of alkyl halides is 1. The molecule has 0 saturated carbocycles. The zero-order chi connectivity index (χ0) is 24.2. The van der Waals surface area contributed by atoms with Crippen LogP contribution in [0.25, 0.3) is 10.9 Å². The summed E-state index contributed by atoms with van der Waals surface area (Å²) in [5.41, 5.74) is 1.07. The van der Waals surface area contributed by atoms with Crippen LogP contribution in [0.2, 0.25) is 0 Å². The van der Waals surface area contributed by atoms with E-state index in [9.17, 15) is 14.5 Å². The quantitative estimate of drug-likeness (QED) is 0.170. The molecule has 0 radical (unpaired) electrons. The van der Waals surface area contributed by atoms with Crippen molar-refractivity contribution in [2.75, 3.05) is 58.2 Å². The van der Waals surface area contributed by atoms with Gasteiger partial charge in [0.15, 0.2) is 5.75 Å². The molecule has 0 spiro atoms. The van der Waals surface area contributed by atoms with Crippen LogP contribution in [0, 0.1) is 10.1 Å². The van der Waals surface area contributed by atoms with E-state index in [2.05, 4.69) is 31.2 Å². The lowest BCUT2D eigenvalue weighted by atomic mass is 10.2. The summed E-state index contributed by atoms with van der Waals surface area (Å²) in [5, 5.41) is 15.3. The highest BCUT2D eigenvalue weighted by molar-refractivity contribution is 9.10. The molecule has 1 aromatic heterocycles. The van der Waals surface area contributed by atoms with Gasteiger partial charge >= 0.3 is 5.69 Å². The van der Waals surface area contributed by atoms with E-state index in [-0.39, 0.29) is 31.3 Å². The lowest BCUT2D eigenvalue weighted by Gasteiger charge is -2.11. The summed E-state index contributed by atoms with van der Waals surface area (Å²) in [6, 6.07) is 10.4. The number of hydrogen-bond acceptors (Lipinski definition) is 9. The first kappa shape index (κ1) is 25.7. The molecule has 12 heteroatoms. The maximum absolute atomic E-state index is 11.9. The Kier molecular flexibility index (Phi) is 10.3. The molecule has 0 aliphatic heterocycles. The molecule has 34 heavy (non-hydrogen) atoms. The highest BCUT2D eigenvalue weighted by atomic mass is 79.9. The second kappa shape index (κ2) is 13.7. The number of halogens is 2. The van der Waals surface area contributed by atoms with Gasteiger partial charge in [0.2, 0.25) is 0 Å². The van der Waals surface area contributed by atoms with Crippen LogP contribution in [0.15, 0.2) is 47.2 Å². The van der Waals surface area contributed by atoms with Crippen molar-refractivity contribution in [2.45, 2.75) is 0 Å². The molecule has 3 rings (SSSR count). The van der Waals surface area contributed by atoms with Gasteiger partial charge in [0.05, 0.1) is 55.5 Å². The number of nitrogens with zero attached hydrogens (tertiary/aromatic N) is 3. The van der Waals surface area contributed by atoms with Crippen LogP contribution in [-0.2, 0) is 14.2 Å². The molecule has 3 aromatic rings. The van der Waals surface area contributed by atoms with Gasteiger partial charge in [0.25, 0.3) is 0 Å². The van der Waals surface area contributed by atoms with Crippen LogP contribution >= 0.6 is 15.9 Å². The fourth-order valence-corrected chi connectivity index (χ4v) is 3.34. The zero-order valence-electron chi connectivity index (χ0n) is 18.2. The Hall–Kier alpha value is -2.93. The topological polar surface area (TPSA) is 118 Å². The normalized spacial score (nSPS) is 11.0. The second-order valence-electron chi connectivity index (χ2n) is 6.83. The van der Waals surface area contributed by atoms with E-state index < -0.39 is 11.6 Å². The molecule has 0 amide bonds. The average molecular weight is 539 g/mol. The molecular weight excluding hydrogens is 515 g/mol. The van der Waals surface area contributed by atoms with Crippen LogP contribution < -0.4 is 10.1 Å². The van der Waals surface area contributed by atoms with E-state index >= 15 is 0 Å². The van der Waals surface area contributed by atoms with E-state index in [0.717, 1.165) is 10.2 Å². The number of aromatic nitrogens is 2. The molecule has 10 nitrogen and oxygen atoms in total. The Balaban J connectivity index is 1.57. The molecule has 1 heterocycles. The average Bonchev–Trinajstić information content (AvgIpc) is 2.82. The van der Waals surface area contributed by atoms with Gasteiger partial charge in [-0.05, 0) is 18.2 Å². The molecule has 0 bridgehead atoms. The van der Waals surface area contributed by atoms with Crippen molar-refractivity contribution in [3.8, 4) is 5.75 Å². The van der Waals surface area contributed by atoms with Crippen LogP contribution in [0.3, 0.4) is 0 Å². The number of rotatable bonds is 15. The minimum Gasteiger partial charge on any atom is -0.484 e. The minimum atomic E-state index is -0.519. The van der Waals surface area contributed by atoms with Crippen LogP contribution in [0.1, 0.15) is 0 Å². The molecule has 0 atom stereocenters. The second-order valence-corrected chi connectivity index (χ2v) is 7.74. The van der Waals surface area contributed by atoms with Crippen molar-refractivity contribution in [1.29, 1.82) is 0 Å². The maximum atomic E-state index is 11.9. The Bertz CT molecular complexity index is 1090. The molecular formula is C22H24BrFN4O6. The number of fused-ring (bicyclic) bond motifs is 1. The van der Waals surface area contributed by atoms with Crippen LogP contribution in [0.4, 0.5) is 21.6 Å². The van der Waals surface area contributed by atoms with E-state index in [1.807, 2.05) is 24.3 Å². The SMILES string of the molecule is O=[N+]([O-])c1cc2c(Nc3cccc(Br)c3)ncnc2cc1OCCOCCOCCOCCF. The van der Waals surface area contributed by atoms with Crippen molar-refractivity contribution < 1.29 is 28.3 Å². The summed E-state index contributed by atoms with van der Waals surface area (Å²) in [7, 11) is 0. The summed E-state index contributed by atoms with van der Waals surface area (Å²) in [6.07, 6.45) is 1.38. The van der Waals surface area contributed by atoms with Crippen LogP contribution in [0.5, 0.6) is 5.75 Å². The highest BCUT2D eigenvalue weighted by Crippen LogP contribution is 2.34. The van der Waals surface area contributed by atoms with Crippen molar-refractivity contribution in [2.24, 2.45) is 0 Å². The highest BCUT2D eigenvalue weighted by Gasteiger charge is 2.19. The van der Waals surface area contributed by atoms with Crippen molar-refractivity contribution >= 4 is 44.0 Å². The number of ether oxygens (including phenoxy) is 4. The van der Waals surface area contributed by atoms with E-state index in [1.54, 1.807) is 0 Å². The number of hydrogen-bond donors (Lipinski definition) is 1. The predicted octanol–water partition coefficient (Wildman–Crippen LogP) is 4.44. The standard InChI is InChI=1S/C22H24BrFN4O6/c23-16-2-1-3-17(12-16)27-22-18-13-20(28(29)30)21(14-19(18)25-15-26-22)34-11-10-33-9-8-32-7-6-31-5-4-24/h1-3,12-15H,4-11H2,(H,25,26,27). The Morgan fingerprint density at radius 2 is 1.68 bits per heavy atom. The molecule has 182 valence electrons. The third-order valence-electron chi connectivity index (χ3n) is 4.45. The lowest BCUT2D eigenvalue weighted by Crippen LogP contribution is -2.13. The number of nitro groups is 1. The van der Waals surface area contributed by atoms with Gasteiger partial charge in [-0.15, -0.1) is 0 Å². The van der Waals surface area contributed by atoms with Gasteiger partial charge in [-0.1, -0.05) is 22.0 Å². The van der Waals surface area contributed by atoms with Crippen molar-refractivity contribution in [3.63, 3.8) is 0 Å². The van der Waals surface area contributed by atoms with Gasteiger partial charge in [-0.25, -0.2) is 14.4 Å². The molecule has 2 aromatic carbocycles. The Morgan fingerprint density at radius 1 is 0.971 bits per heavy atom. The first-order valence-electron chi connectivity index (χ1n) is 10.5. The van der Waals surface area contributed by atoms with Crippen LogP contribution in [-0.4, -0.2) is 67.8 Å². The molecule has 1 N–H and O–H groups in total. The number of nitrogens with one attached hydrogen (secondary N) is 1. The van der Waals surface area contributed by atoms with Gasteiger partial charge in [-0.2, -0.15) is 0 Å². The Labute approximate surface area is 203 Å². The predicted molar refractivity (Wildman–Crippen MR) is 128 cm³/mol. The number of anilines is 2. The molecule has 0 aliphatic carbocycles. The van der Waals surface area contributed by atoms with E-state index in [0.29, 0.717) is 43.1 Å². The summed E-state index contributed by atoms with van der Waals surface area (Å²) < 4.78 is 34.0. The minimum absolute atomic E-state index is 0.0625.